The highest BCUT2D eigenvalue weighted by molar-refractivity contribution is 5.98. The van der Waals surface area contributed by atoms with Crippen molar-refractivity contribution in [3.8, 4) is 5.75 Å². The summed E-state index contributed by atoms with van der Waals surface area (Å²) in [4.78, 5) is 26.9. The maximum absolute atomic E-state index is 13.0. The van der Waals surface area contributed by atoms with Crippen LogP contribution >= 0.6 is 0 Å². The van der Waals surface area contributed by atoms with Crippen molar-refractivity contribution < 1.29 is 9.53 Å². The summed E-state index contributed by atoms with van der Waals surface area (Å²) in [6.07, 6.45) is 4.49. The van der Waals surface area contributed by atoms with Crippen LogP contribution in [0.5, 0.6) is 5.75 Å². The van der Waals surface area contributed by atoms with Gasteiger partial charge in [-0.1, -0.05) is 0 Å². The summed E-state index contributed by atoms with van der Waals surface area (Å²) in [6, 6.07) is 11.7. The molecule has 0 unspecified atom stereocenters. The van der Waals surface area contributed by atoms with E-state index in [1.165, 1.54) is 0 Å². The molecule has 4 aromatic rings. The van der Waals surface area contributed by atoms with Gasteiger partial charge in [0.1, 0.15) is 17.0 Å². The van der Waals surface area contributed by atoms with Crippen LogP contribution in [0.3, 0.4) is 0 Å². The third kappa shape index (κ3) is 2.63. The van der Waals surface area contributed by atoms with Crippen molar-refractivity contribution in [2.45, 2.75) is 12.5 Å². The number of fused-ring (bicyclic) bond motifs is 2. The first-order valence-electron chi connectivity index (χ1n) is 8.96. The van der Waals surface area contributed by atoms with Gasteiger partial charge in [0.15, 0.2) is 5.65 Å². The molecule has 7 nitrogen and oxygen atoms in total. The van der Waals surface area contributed by atoms with Crippen molar-refractivity contribution in [2.75, 3.05) is 20.2 Å². The molecule has 0 radical (unpaired) electrons. The van der Waals surface area contributed by atoms with Gasteiger partial charge in [0, 0.05) is 30.2 Å². The maximum Gasteiger partial charge on any atom is 0.270 e. The molecule has 1 aliphatic rings. The fraction of sp³-hybridized carbons (Fsp3) is 0.250. The Morgan fingerprint density at radius 2 is 2.19 bits per heavy atom. The van der Waals surface area contributed by atoms with Gasteiger partial charge < -0.3 is 19.2 Å². The number of ether oxygens (including phenoxy) is 1. The molecular weight excluding hydrogens is 342 g/mol. The zero-order valence-electron chi connectivity index (χ0n) is 14.9. The molecular formula is C20H19N5O2. The van der Waals surface area contributed by atoms with Gasteiger partial charge in [-0.05, 0) is 42.8 Å². The number of methoxy groups -OCH3 is 1. The van der Waals surface area contributed by atoms with Gasteiger partial charge in [0.2, 0.25) is 0 Å². The number of rotatable bonds is 3. The first kappa shape index (κ1) is 15.9. The summed E-state index contributed by atoms with van der Waals surface area (Å²) in [6.45, 7) is 1.37. The second-order valence-corrected chi connectivity index (χ2v) is 6.83. The smallest absolute Gasteiger partial charge is 0.270 e. The molecule has 1 N–H and O–H groups in total. The number of likely N-dealkylation sites (tertiary alicyclic amines) is 1. The lowest BCUT2D eigenvalue weighted by Gasteiger charge is -2.16. The molecule has 7 heteroatoms. The molecule has 136 valence electrons. The van der Waals surface area contributed by atoms with Gasteiger partial charge in [-0.15, -0.1) is 0 Å². The van der Waals surface area contributed by atoms with Gasteiger partial charge in [0.25, 0.3) is 5.91 Å². The molecule has 1 amide bonds. The molecule has 3 aromatic heterocycles. The van der Waals surface area contributed by atoms with Crippen LogP contribution in [0.1, 0.15) is 23.0 Å². The lowest BCUT2D eigenvalue weighted by molar-refractivity contribution is 0.0783. The zero-order chi connectivity index (χ0) is 18.4. The monoisotopic (exact) mass is 361 g/mol. The van der Waals surface area contributed by atoms with Crippen molar-refractivity contribution in [2.24, 2.45) is 0 Å². The fourth-order valence-corrected chi connectivity index (χ4v) is 3.81. The van der Waals surface area contributed by atoms with Crippen molar-refractivity contribution in [1.29, 1.82) is 0 Å². The maximum atomic E-state index is 13.0. The summed E-state index contributed by atoms with van der Waals surface area (Å²) in [7, 11) is 1.64. The first-order valence-corrected chi connectivity index (χ1v) is 8.96. The van der Waals surface area contributed by atoms with E-state index in [0.29, 0.717) is 18.8 Å². The number of aromatic amines is 1. The predicted octanol–water partition coefficient (Wildman–Crippen LogP) is 3.01. The largest absolute Gasteiger partial charge is 0.497 e. The molecule has 1 fully saturated rings. The van der Waals surface area contributed by atoms with Crippen molar-refractivity contribution in [3.63, 3.8) is 0 Å². The average molecular weight is 361 g/mol. The quantitative estimate of drug-likeness (QED) is 0.609. The van der Waals surface area contributed by atoms with Crippen LogP contribution in [0.15, 0.2) is 48.9 Å². The zero-order valence-corrected chi connectivity index (χ0v) is 14.9. The normalized spacial score (nSPS) is 17.1. The number of benzene rings is 1. The molecule has 5 rings (SSSR count). The van der Waals surface area contributed by atoms with E-state index in [1.807, 2.05) is 47.6 Å². The Morgan fingerprint density at radius 3 is 3.07 bits per heavy atom. The van der Waals surface area contributed by atoms with E-state index in [-0.39, 0.29) is 11.9 Å². The number of aromatic nitrogens is 4. The van der Waals surface area contributed by atoms with E-state index < -0.39 is 0 Å². The lowest BCUT2D eigenvalue weighted by atomic mass is 10.2. The summed E-state index contributed by atoms with van der Waals surface area (Å²) in [5, 5.41) is 0.971. The third-order valence-electron chi connectivity index (χ3n) is 5.23. The van der Waals surface area contributed by atoms with Crippen LogP contribution in [0.25, 0.3) is 22.1 Å². The number of imidazole rings is 1. The van der Waals surface area contributed by atoms with E-state index in [1.54, 1.807) is 13.3 Å². The second kappa shape index (κ2) is 6.12. The molecule has 0 spiro atoms. The van der Waals surface area contributed by atoms with Crippen LogP contribution in [0.2, 0.25) is 0 Å². The Balaban J connectivity index is 1.39. The minimum Gasteiger partial charge on any atom is -0.497 e. The number of H-pyrrole nitrogens is 1. The first-order chi connectivity index (χ1) is 13.2. The fourth-order valence-electron chi connectivity index (χ4n) is 3.81. The Labute approximate surface area is 155 Å². The van der Waals surface area contributed by atoms with Gasteiger partial charge in [-0.2, -0.15) is 0 Å². The van der Waals surface area contributed by atoms with Crippen molar-refractivity contribution >= 4 is 28.0 Å². The predicted molar refractivity (Wildman–Crippen MR) is 102 cm³/mol. The minimum absolute atomic E-state index is 0.0186. The molecule has 4 heterocycles. The van der Waals surface area contributed by atoms with Crippen LogP contribution in [0, 0.1) is 0 Å². The molecule has 27 heavy (non-hydrogen) atoms. The van der Waals surface area contributed by atoms with E-state index in [9.17, 15) is 4.79 Å². The van der Waals surface area contributed by atoms with E-state index in [4.69, 9.17) is 4.74 Å². The van der Waals surface area contributed by atoms with Crippen molar-refractivity contribution in [3.05, 3.63) is 54.6 Å². The number of hydrogen-bond donors (Lipinski definition) is 1. The summed E-state index contributed by atoms with van der Waals surface area (Å²) in [5.41, 5.74) is 3.29. The molecule has 1 aromatic carbocycles. The number of pyridine rings is 1. The number of hydrogen-bond acceptors (Lipinski definition) is 4. The number of amides is 1. The third-order valence-corrected chi connectivity index (χ3v) is 5.23. The highest BCUT2D eigenvalue weighted by Crippen LogP contribution is 2.27. The number of carbonyl (C=O) groups is 1. The van der Waals surface area contributed by atoms with Gasteiger partial charge >= 0.3 is 0 Å². The van der Waals surface area contributed by atoms with E-state index in [0.717, 1.165) is 34.2 Å². The Hall–Kier alpha value is -3.35. The van der Waals surface area contributed by atoms with Crippen LogP contribution in [-0.2, 0) is 0 Å². The summed E-state index contributed by atoms with van der Waals surface area (Å²) >= 11 is 0. The Kier molecular flexibility index (Phi) is 3.60. The van der Waals surface area contributed by atoms with Gasteiger partial charge in [-0.3, -0.25) is 4.79 Å². The highest BCUT2D eigenvalue weighted by atomic mass is 16.5. The average Bonchev–Trinajstić information content (AvgIpc) is 3.43. The molecule has 1 atom stereocenters. The van der Waals surface area contributed by atoms with E-state index in [2.05, 4.69) is 19.5 Å². The molecule has 1 aliphatic heterocycles. The Morgan fingerprint density at radius 1 is 1.26 bits per heavy atom. The SMILES string of the molecule is COc1ccc2[nH]c(C(=O)N3CC[C@H](n4cnc5cccnc54)C3)cc2c1. The number of carbonyl (C=O) groups excluding carboxylic acids is 1. The molecule has 1 saturated heterocycles. The molecule has 0 aliphatic carbocycles. The number of nitrogens with zero attached hydrogens (tertiary/aromatic N) is 4. The molecule has 0 bridgehead atoms. The standard InChI is InChI=1S/C20H19N5O2/c1-27-15-4-5-16-13(9-15)10-18(23-16)20(26)24-8-6-14(11-24)25-12-22-17-3-2-7-21-19(17)25/h2-5,7,9-10,12,14,23H,6,8,11H2,1H3/t14-/m0/s1. The van der Waals surface area contributed by atoms with E-state index >= 15 is 0 Å². The topological polar surface area (TPSA) is 76.0 Å². The molecule has 0 saturated carbocycles. The number of nitrogens with one attached hydrogen (secondary N) is 1. The van der Waals surface area contributed by atoms with Crippen molar-refractivity contribution in [1.82, 2.24) is 24.4 Å². The van der Waals surface area contributed by atoms with Crippen LogP contribution in [-0.4, -0.2) is 50.5 Å². The summed E-state index contributed by atoms with van der Waals surface area (Å²) < 4.78 is 7.34. The second-order valence-electron chi connectivity index (χ2n) is 6.83. The summed E-state index contributed by atoms with van der Waals surface area (Å²) in [5.74, 6) is 0.797. The minimum atomic E-state index is 0.0186. The highest BCUT2D eigenvalue weighted by Gasteiger charge is 2.29. The Bertz CT molecular complexity index is 1150. The lowest BCUT2D eigenvalue weighted by Crippen LogP contribution is -2.29. The van der Waals surface area contributed by atoms with Gasteiger partial charge in [-0.25, -0.2) is 9.97 Å². The van der Waals surface area contributed by atoms with Crippen LogP contribution in [0.4, 0.5) is 0 Å². The van der Waals surface area contributed by atoms with Gasteiger partial charge in [0.05, 0.1) is 19.5 Å². The van der Waals surface area contributed by atoms with Crippen LogP contribution < -0.4 is 4.74 Å².